The highest BCUT2D eigenvalue weighted by Crippen LogP contribution is 2.36. The van der Waals surface area contributed by atoms with Crippen molar-refractivity contribution in [3.63, 3.8) is 0 Å². The van der Waals surface area contributed by atoms with Gasteiger partial charge in [0.05, 0.1) is 12.6 Å². The first kappa shape index (κ1) is 28.6. The van der Waals surface area contributed by atoms with Gasteiger partial charge in [0.2, 0.25) is 15.9 Å². The lowest BCUT2D eigenvalue weighted by atomic mass is 9.84. The molecule has 1 saturated carbocycles. The summed E-state index contributed by atoms with van der Waals surface area (Å²) in [6.07, 6.45) is 7.21. The van der Waals surface area contributed by atoms with Crippen molar-refractivity contribution in [1.29, 1.82) is 0 Å². The minimum absolute atomic E-state index is 0.176. The summed E-state index contributed by atoms with van der Waals surface area (Å²) >= 11 is 1.45. The highest BCUT2D eigenvalue weighted by molar-refractivity contribution is 7.89. The predicted octanol–water partition coefficient (Wildman–Crippen LogP) is 3.21. The van der Waals surface area contributed by atoms with Crippen molar-refractivity contribution < 1.29 is 32.3 Å². The third-order valence-electron chi connectivity index (χ3n) is 8.55. The number of Topliss-reactive ketones (excluding diaryl/α,β-unsaturated/α-hetero) is 1. The van der Waals surface area contributed by atoms with Gasteiger partial charge in [-0.05, 0) is 37.0 Å². The van der Waals surface area contributed by atoms with E-state index in [9.17, 15) is 28.0 Å². The molecule has 2 saturated heterocycles. The van der Waals surface area contributed by atoms with Crippen LogP contribution in [0.25, 0.3) is 10.1 Å². The maximum Gasteiger partial charge on any atom is 0.413 e. The molecule has 3 unspecified atom stereocenters. The number of likely N-dealkylation sites (tertiary alicyclic amines) is 1. The molecule has 2 aromatic heterocycles. The maximum absolute atomic E-state index is 14.0. The molecule has 0 spiro atoms. The van der Waals surface area contributed by atoms with Crippen LogP contribution in [0.1, 0.15) is 44.9 Å². The van der Waals surface area contributed by atoms with Gasteiger partial charge in [-0.3, -0.25) is 9.59 Å². The number of pyridine rings is 1. The summed E-state index contributed by atoms with van der Waals surface area (Å²) in [6.45, 7) is -0.210. The van der Waals surface area contributed by atoms with E-state index >= 15 is 0 Å². The number of fused-ring (bicyclic) bond motifs is 2. The van der Waals surface area contributed by atoms with E-state index in [1.165, 1.54) is 34.6 Å². The molecule has 11 nitrogen and oxygen atoms in total. The van der Waals surface area contributed by atoms with Gasteiger partial charge in [0.1, 0.15) is 17.0 Å². The number of aromatic nitrogens is 1. The average molecular weight is 613 g/mol. The number of benzene rings is 1. The number of nitrogens with zero attached hydrogens (tertiary/aromatic N) is 3. The van der Waals surface area contributed by atoms with Crippen molar-refractivity contribution in [1.82, 2.24) is 14.5 Å². The standard InChI is InChI=1S/C29H32N4O7S2/c34-24-17-33(42(38,39)20-9-6-13-31(37)16-20)23-12-14-32(27(23)24)28(35)22(15-19-7-2-1-3-8-19)30-29(36)40-25-18-41-26-11-5-4-10-21(25)26/h4-6,9-11,13,16,18-19,22-23,27H,1-3,7-8,12,14-15,17H2,(H,30,36). The van der Waals surface area contributed by atoms with E-state index < -0.39 is 40.1 Å². The molecule has 3 aromatic rings. The second-order valence-corrected chi connectivity index (χ2v) is 14.0. The first-order chi connectivity index (χ1) is 20.2. The molecule has 2 aliphatic heterocycles. The summed E-state index contributed by atoms with van der Waals surface area (Å²) < 4.78 is 34.9. The molecule has 3 atom stereocenters. The Morgan fingerprint density at radius 2 is 1.90 bits per heavy atom. The van der Waals surface area contributed by atoms with Crippen LogP contribution in [-0.2, 0) is 19.6 Å². The van der Waals surface area contributed by atoms with E-state index in [1.54, 1.807) is 5.38 Å². The number of amides is 2. The number of rotatable bonds is 7. The predicted molar refractivity (Wildman–Crippen MR) is 154 cm³/mol. The van der Waals surface area contributed by atoms with E-state index in [0.29, 0.717) is 16.9 Å². The second kappa shape index (κ2) is 11.6. The number of nitrogens with one attached hydrogen (secondary N) is 1. The van der Waals surface area contributed by atoms with Crippen molar-refractivity contribution in [3.05, 3.63) is 59.4 Å². The topological polar surface area (TPSA) is 140 Å². The van der Waals surface area contributed by atoms with E-state index in [1.807, 2.05) is 24.3 Å². The molecule has 2 amide bonds. The summed E-state index contributed by atoms with van der Waals surface area (Å²) in [5.41, 5.74) is 0. The number of ether oxygens (including phenoxy) is 1. The fourth-order valence-corrected chi connectivity index (χ4v) is 9.04. The van der Waals surface area contributed by atoms with Crippen LogP contribution in [0.5, 0.6) is 5.75 Å². The van der Waals surface area contributed by atoms with Gasteiger partial charge in [0.25, 0.3) is 0 Å². The number of ketones is 1. The fourth-order valence-electron chi connectivity index (χ4n) is 6.54. The minimum atomic E-state index is -4.14. The molecule has 1 aromatic carbocycles. The van der Waals surface area contributed by atoms with E-state index in [0.717, 1.165) is 52.7 Å². The summed E-state index contributed by atoms with van der Waals surface area (Å²) in [6, 6.07) is 7.58. The zero-order valence-corrected chi connectivity index (χ0v) is 24.5. The van der Waals surface area contributed by atoms with Crippen molar-refractivity contribution >= 4 is 49.2 Å². The molecular weight excluding hydrogens is 580 g/mol. The normalized spacial score (nSPS) is 22.3. The van der Waals surface area contributed by atoms with Crippen LogP contribution < -0.4 is 14.8 Å². The van der Waals surface area contributed by atoms with E-state index in [2.05, 4.69) is 5.32 Å². The lowest BCUT2D eigenvalue weighted by Crippen LogP contribution is -2.53. The summed E-state index contributed by atoms with van der Waals surface area (Å²) in [7, 11) is -4.14. The number of sulfonamides is 1. The summed E-state index contributed by atoms with van der Waals surface area (Å²) in [5, 5.41) is 17.1. The van der Waals surface area contributed by atoms with Crippen LogP contribution in [0.2, 0.25) is 0 Å². The molecule has 6 rings (SSSR count). The number of carbonyl (C=O) groups excluding carboxylic acids is 3. The molecule has 13 heteroatoms. The summed E-state index contributed by atoms with van der Waals surface area (Å²) in [5.74, 6) is -0.152. The van der Waals surface area contributed by atoms with Crippen LogP contribution in [0.3, 0.4) is 0 Å². The van der Waals surface area contributed by atoms with Crippen LogP contribution in [0, 0.1) is 11.1 Å². The van der Waals surface area contributed by atoms with Crippen molar-refractivity contribution in [3.8, 4) is 5.75 Å². The molecule has 3 fully saturated rings. The zero-order valence-electron chi connectivity index (χ0n) is 22.9. The van der Waals surface area contributed by atoms with Gasteiger partial charge in [-0.25, -0.2) is 13.2 Å². The monoisotopic (exact) mass is 612 g/mol. The van der Waals surface area contributed by atoms with Crippen LogP contribution in [0.15, 0.2) is 59.1 Å². The zero-order chi connectivity index (χ0) is 29.4. The molecule has 42 heavy (non-hydrogen) atoms. The molecule has 4 heterocycles. The molecule has 3 aliphatic rings. The molecule has 222 valence electrons. The quantitative estimate of drug-likeness (QED) is 0.319. The third-order valence-corrected chi connectivity index (χ3v) is 11.3. The van der Waals surface area contributed by atoms with Crippen molar-refractivity contribution in [2.45, 2.75) is 68.0 Å². The first-order valence-electron chi connectivity index (χ1n) is 14.2. The molecule has 0 radical (unpaired) electrons. The Labute approximate surface area is 247 Å². The Kier molecular flexibility index (Phi) is 7.90. The lowest BCUT2D eigenvalue weighted by molar-refractivity contribution is -0.607. The van der Waals surface area contributed by atoms with Gasteiger partial charge in [-0.1, -0.05) is 44.2 Å². The van der Waals surface area contributed by atoms with Gasteiger partial charge < -0.3 is 20.2 Å². The van der Waals surface area contributed by atoms with Gasteiger partial charge in [-0.15, -0.1) is 11.3 Å². The van der Waals surface area contributed by atoms with Gasteiger partial charge in [-0.2, -0.15) is 9.04 Å². The van der Waals surface area contributed by atoms with Crippen LogP contribution >= 0.6 is 11.3 Å². The lowest BCUT2D eigenvalue weighted by Gasteiger charge is -2.31. The number of thiophene rings is 1. The number of hydrogen-bond donors (Lipinski definition) is 1. The molecule has 1 N–H and O–H groups in total. The Balaban J connectivity index is 1.21. The van der Waals surface area contributed by atoms with Gasteiger partial charge >= 0.3 is 6.09 Å². The second-order valence-electron chi connectivity index (χ2n) is 11.2. The SMILES string of the molecule is O=C(NC(CC1CCCCC1)C(=O)N1CCC2C1C(=O)CN2S(=O)(=O)c1ccc[n+]([O-])c1)Oc1csc2ccccc12. The maximum atomic E-state index is 14.0. The Bertz CT molecular complexity index is 1620. The highest BCUT2D eigenvalue weighted by Gasteiger charge is 2.54. The number of hydrogen-bond acceptors (Lipinski definition) is 8. The minimum Gasteiger partial charge on any atom is -0.619 e. The van der Waals surface area contributed by atoms with Gasteiger partial charge in [0.15, 0.2) is 23.9 Å². The molecular formula is C29H32N4O7S2. The highest BCUT2D eigenvalue weighted by atomic mass is 32.2. The smallest absolute Gasteiger partial charge is 0.413 e. The largest absolute Gasteiger partial charge is 0.619 e. The Morgan fingerprint density at radius 3 is 2.69 bits per heavy atom. The van der Waals surface area contributed by atoms with Crippen molar-refractivity contribution in [2.75, 3.05) is 13.1 Å². The average Bonchev–Trinajstić information content (AvgIpc) is 3.69. The van der Waals surface area contributed by atoms with Crippen LogP contribution in [-0.4, -0.2) is 66.6 Å². The van der Waals surface area contributed by atoms with Crippen LogP contribution in [0.4, 0.5) is 4.79 Å². The molecule has 1 aliphatic carbocycles. The van der Waals surface area contributed by atoms with Crippen molar-refractivity contribution in [2.24, 2.45) is 5.92 Å². The molecule has 0 bridgehead atoms. The Morgan fingerprint density at radius 1 is 1.12 bits per heavy atom. The Hall–Kier alpha value is -3.55. The van der Waals surface area contributed by atoms with Gasteiger partial charge in [0, 0.05) is 28.1 Å². The fraction of sp³-hybridized carbons (Fsp3) is 0.448. The van der Waals surface area contributed by atoms with E-state index in [-0.39, 0.29) is 36.1 Å². The van der Waals surface area contributed by atoms with E-state index in [4.69, 9.17) is 4.74 Å². The number of carbonyl (C=O) groups is 3. The first-order valence-corrected chi connectivity index (χ1v) is 16.5. The summed E-state index contributed by atoms with van der Waals surface area (Å²) in [4.78, 5) is 41.6. The third kappa shape index (κ3) is 5.48.